The summed E-state index contributed by atoms with van der Waals surface area (Å²) in [6, 6.07) is 10.4. The van der Waals surface area contributed by atoms with E-state index in [4.69, 9.17) is 4.52 Å². The number of urea groups is 1. The van der Waals surface area contributed by atoms with Crippen molar-refractivity contribution in [2.75, 3.05) is 18.0 Å². The molecule has 24 heavy (non-hydrogen) atoms. The normalized spacial score (nSPS) is 14.3. The van der Waals surface area contributed by atoms with Gasteiger partial charge in [0.15, 0.2) is 5.76 Å². The highest BCUT2D eigenvalue weighted by molar-refractivity contribution is 5.73. The summed E-state index contributed by atoms with van der Waals surface area (Å²) in [6.07, 6.45) is 1.89. The fraction of sp³-hybridized carbons (Fsp3) is 0.444. The average Bonchev–Trinajstić information content (AvgIpc) is 3.24. The van der Waals surface area contributed by atoms with Crippen LogP contribution in [0.5, 0.6) is 0 Å². The zero-order valence-electron chi connectivity index (χ0n) is 14.2. The van der Waals surface area contributed by atoms with Crippen LogP contribution in [0.3, 0.4) is 0 Å². The van der Waals surface area contributed by atoms with Crippen LogP contribution in [0.2, 0.25) is 0 Å². The molecule has 128 valence electrons. The van der Waals surface area contributed by atoms with Crippen LogP contribution in [0.4, 0.5) is 10.5 Å². The number of aryl methyl sites for hydroxylation is 1. The third-order valence-corrected chi connectivity index (χ3v) is 4.41. The number of amides is 2. The number of carbonyl (C=O) groups excluding carboxylic acids is 1. The third kappa shape index (κ3) is 3.69. The molecule has 2 amide bonds. The van der Waals surface area contributed by atoms with Crippen molar-refractivity contribution in [1.82, 2.24) is 15.8 Å². The van der Waals surface area contributed by atoms with E-state index in [1.54, 1.807) is 0 Å². The molecule has 1 aromatic carbocycles. The first kappa shape index (κ1) is 16.4. The van der Waals surface area contributed by atoms with Crippen LogP contribution in [-0.4, -0.2) is 30.3 Å². The largest absolute Gasteiger partial charge is 0.366 e. The molecular formula is C18H24N4O2. The van der Waals surface area contributed by atoms with Crippen molar-refractivity contribution in [3.8, 4) is 0 Å². The Labute approximate surface area is 142 Å². The Balaban J connectivity index is 1.44. The standard InChI is InChI=1S/C18H24N4O2/c1-3-15-10-16(24-21-15)12-20-18(23)19-11-13(2)22-9-8-14-6-4-5-7-17(14)22/h4-7,10,13H,3,8-9,11-12H2,1-2H3,(H2,19,20,23)/t13-/m1/s1. The van der Waals surface area contributed by atoms with Crippen molar-refractivity contribution in [1.29, 1.82) is 0 Å². The number of nitrogens with one attached hydrogen (secondary N) is 2. The predicted octanol–water partition coefficient (Wildman–Crippen LogP) is 2.49. The number of benzene rings is 1. The first-order chi connectivity index (χ1) is 11.7. The number of anilines is 1. The summed E-state index contributed by atoms with van der Waals surface area (Å²) in [7, 11) is 0. The van der Waals surface area contributed by atoms with Gasteiger partial charge in [0.2, 0.25) is 0 Å². The Kier molecular flexibility index (Phi) is 5.03. The van der Waals surface area contributed by atoms with Crippen molar-refractivity contribution in [3.63, 3.8) is 0 Å². The lowest BCUT2D eigenvalue weighted by atomic mass is 10.2. The number of fused-ring (bicyclic) bond motifs is 1. The van der Waals surface area contributed by atoms with E-state index in [0.717, 1.165) is 25.1 Å². The molecule has 0 radical (unpaired) electrons. The Hall–Kier alpha value is -2.50. The molecule has 2 N–H and O–H groups in total. The molecule has 0 aliphatic carbocycles. The Morgan fingerprint density at radius 1 is 1.38 bits per heavy atom. The second kappa shape index (κ2) is 7.38. The fourth-order valence-corrected chi connectivity index (χ4v) is 3.01. The maximum absolute atomic E-state index is 12.0. The molecule has 0 fully saturated rings. The smallest absolute Gasteiger partial charge is 0.315 e. The van der Waals surface area contributed by atoms with Gasteiger partial charge in [0.25, 0.3) is 0 Å². The summed E-state index contributed by atoms with van der Waals surface area (Å²) in [4.78, 5) is 14.3. The molecule has 0 spiro atoms. The van der Waals surface area contributed by atoms with Crippen LogP contribution >= 0.6 is 0 Å². The maximum atomic E-state index is 12.0. The molecule has 1 aliphatic rings. The van der Waals surface area contributed by atoms with Gasteiger partial charge in [-0.3, -0.25) is 0 Å². The maximum Gasteiger partial charge on any atom is 0.315 e. The van der Waals surface area contributed by atoms with Crippen LogP contribution in [-0.2, 0) is 19.4 Å². The van der Waals surface area contributed by atoms with Crippen molar-refractivity contribution in [2.24, 2.45) is 0 Å². The SMILES string of the molecule is CCc1cc(CNC(=O)NC[C@@H](C)N2CCc3ccccc32)on1. The highest BCUT2D eigenvalue weighted by Gasteiger charge is 2.23. The highest BCUT2D eigenvalue weighted by atomic mass is 16.5. The van der Waals surface area contributed by atoms with Gasteiger partial charge >= 0.3 is 6.03 Å². The van der Waals surface area contributed by atoms with Crippen molar-refractivity contribution >= 4 is 11.7 Å². The van der Waals surface area contributed by atoms with Crippen LogP contribution in [0, 0.1) is 0 Å². The first-order valence-electron chi connectivity index (χ1n) is 8.48. The van der Waals surface area contributed by atoms with E-state index in [-0.39, 0.29) is 12.1 Å². The minimum absolute atomic E-state index is 0.191. The minimum atomic E-state index is -0.191. The van der Waals surface area contributed by atoms with E-state index >= 15 is 0 Å². The number of para-hydroxylation sites is 1. The monoisotopic (exact) mass is 328 g/mol. The van der Waals surface area contributed by atoms with Gasteiger partial charge in [-0.25, -0.2) is 4.79 Å². The molecule has 2 aromatic rings. The summed E-state index contributed by atoms with van der Waals surface area (Å²) in [5.74, 6) is 0.670. The fourth-order valence-electron chi connectivity index (χ4n) is 3.01. The van der Waals surface area contributed by atoms with Gasteiger partial charge in [-0.05, 0) is 31.4 Å². The van der Waals surface area contributed by atoms with E-state index in [2.05, 4.69) is 51.9 Å². The van der Waals surface area contributed by atoms with Crippen LogP contribution in [0.25, 0.3) is 0 Å². The molecule has 6 nitrogen and oxygen atoms in total. The molecule has 0 saturated carbocycles. The summed E-state index contributed by atoms with van der Waals surface area (Å²) in [6.45, 7) is 6.09. The number of rotatable bonds is 6. The summed E-state index contributed by atoms with van der Waals surface area (Å²) >= 11 is 0. The summed E-state index contributed by atoms with van der Waals surface area (Å²) in [5, 5.41) is 9.63. The lowest BCUT2D eigenvalue weighted by Crippen LogP contribution is -2.44. The number of nitrogens with zero attached hydrogens (tertiary/aromatic N) is 2. The lowest BCUT2D eigenvalue weighted by molar-refractivity contribution is 0.238. The second-order valence-corrected chi connectivity index (χ2v) is 6.12. The highest BCUT2D eigenvalue weighted by Crippen LogP contribution is 2.28. The Bertz CT molecular complexity index is 698. The number of aromatic nitrogens is 1. The van der Waals surface area contributed by atoms with Gasteiger partial charge in [-0.1, -0.05) is 30.3 Å². The third-order valence-electron chi connectivity index (χ3n) is 4.41. The first-order valence-corrected chi connectivity index (χ1v) is 8.48. The summed E-state index contributed by atoms with van der Waals surface area (Å²) < 4.78 is 5.15. The molecule has 0 unspecified atom stereocenters. The van der Waals surface area contributed by atoms with E-state index < -0.39 is 0 Å². The van der Waals surface area contributed by atoms with Gasteiger partial charge < -0.3 is 20.1 Å². The zero-order valence-corrected chi connectivity index (χ0v) is 14.2. The molecular weight excluding hydrogens is 304 g/mol. The van der Waals surface area contributed by atoms with Gasteiger partial charge in [-0.2, -0.15) is 0 Å². The molecule has 1 aromatic heterocycles. The molecule has 0 saturated heterocycles. The van der Waals surface area contributed by atoms with Crippen LogP contribution in [0.1, 0.15) is 30.9 Å². The Morgan fingerprint density at radius 2 is 2.21 bits per heavy atom. The molecule has 2 heterocycles. The minimum Gasteiger partial charge on any atom is -0.366 e. The van der Waals surface area contributed by atoms with E-state index in [9.17, 15) is 4.79 Å². The number of hydrogen-bond donors (Lipinski definition) is 2. The number of carbonyl (C=O) groups is 1. The van der Waals surface area contributed by atoms with E-state index in [1.807, 2.05) is 13.0 Å². The quantitative estimate of drug-likeness (QED) is 0.855. The lowest BCUT2D eigenvalue weighted by Gasteiger charge is -2.27. The molecule has 6 heteroatoms. The molecule has 0 bridgehead atoms. The van der Waals surface area contributed by atoms with Crippen LogP contribution < -0.4 is 15.5 Å². The van der Waals surface area contributed by atoms with Crippen molar-refractivity contribution in [2.45, 2.75) is 39.3 Å². The molecule has 1 atom stereocenters. The molecule has 3 rings (SSSR count). The van der Waals surface area contributed by atoms with Crippen molar-refractivity contribution < 1.29 is 9.32 Å². The van der Waals surface area contributed by atoms with Gasteiger partial charge in [0.1, 0.15) is 0 Å². The van der Waals surface area contributed by atoms with Crippen molar-refractivity contribution in [3.05, 3.63) is 47.3 Å². The van der Waals surface area contributed by atoms with Gasteiger partial charge in [-0.15, -0.1) is 0 Å². The number of hydrogen-bond acceptors (Lipinski definition) is 4. The average molecular weight is 328 g/mol. The predicted molar refractivity (Wildman–Crippen MR) is 93.1 cm³/mol. The van der Waals surface area contributed by atoms with Gasteiger partial charge in [0, 0.05) is 30.9 Å². The van der Waals surface area contributed by atoms with Gasteiger partial charge in [0.05, 0.1) is 12.2 Å². The van der Waals surface area contributed by atoms with E-state index in [0.29, 0.717) is 18.8 Å². The zero-order chi connectivity index (χ0) is 16.9. The van der Waals surface area contributed by atoms with Crippen LogP contribution in [0.15, 0.2) is 34.9 Å². The topological polar surface area (TPSA) is 70.4 Å². The second-order valence-electron chi connectivity index (χ2n) is 6.12. The molecule has 1 aliphatic heterocycles. The Morgan fingerprint density at radius 3 is 3.00 bits per heavy atom. The van der Waals surface area contributed by atoms with E-state index in [1.165, 1.54) is 11.3 Å². The summed E-state index contributed by atoms with van der Waals surface area (Å²) in [5.41, 5.74) is 3.56.